The molecule has 2 fully saturated rings. The Bertz CT molecular complexity index is 517. The molecule has 0 unspecified atom stereocenters. The lowest BCUT2D eigenvalue weighted by Gasteiger charge is -2.27. The Hall–Kier alpha value is -1.91. The maximum atomic E-state index is 12.4. The minimum absolute atomic E-state index is 0.0412. The normalized spacial score (nSPS) is 26.4. The van der Waals surface area contributed by atoms with Gasteiger partial charge < -0.3 is 10.2 Å². The smallest absolute Gasteiger partial charge is 0.255 e. The van der Waals surface area contributed by atoms with Gasteiger partial charge in [0, 0.05) is 37.4 Å². The molecular formula is C15H19N3O2. The van der Waals surface area contributed by atoms with E-state index in [9.17, 15) is 9.59 Å². The van der Waals surface area contributed by atoms with Crippen molar-refractivity contribution in [3.63, 3.8) is 0 Å². The van der Waals surface area contributed by atoms with Crippen LogP contribution in [0.4, 0.5) is 0 Å². The lowest BCUT2D eigenvalue weighted by molar-refractivity contribution is -0.119. The number of rotatable bonds is 1. The van der Waals surface area contributed by atoms with Crippen LogP contribution in [-0.2, 0) is 4.79 Å². The zero-order chi connectivity index (χ0) is 14.0. The van der Waals surface area contributed by atoms with Crippen LogP contribution in [-0.4, -0.2) is 40.3 Å². The third-order valence-electron chi connectivity index (χ3n) is 4.37. The number of aromatic nitrogens is 1. The van der Waals surface area contributed by atoms with Gasteiger partial charge in [-0.1, -0.05) is 0 Å². The third-order valence-corrected chi connectivity index (χ3v) is 4.37. The van der Waals surface area contributed by atoms with Crippen LogP contribution < -0.4 is 5.32 Å². The standard InChI is InChI=1S/C15H19N3O2/c19-13-4-6-15(17-13)5-2-9-18(10-7-15)14(20)12-3-1-8-16-11-12/h1,3,8,11H,2,4-7,9-10H2,(H,17,19)/t15-/m0/s1. The number of carbonyl (C=O) groups is 2. The molecule has 0 saturated carbocycles. The molecule has 2 amide bonds. The number of hydrogen-bond donors (Lipinski definition) is 1. The maximum Gasteiger partial charge on any atom is 0.255 e. The fourth-order valence-electron chi connectivity index (χ4n) is 3.22. The summed E-state index contributed by atoms with van der Waals surface area (Å²) in [4.78, 5) is 29.8. The second-order valence-corrected chi connectivity index (χ2v) is 5.72. The van der Waals surface area contributed by atoms with Gasteiger partial charge in [0.15, 0.2) is 0 Å². The summed E-state index contributed by atoms with van der Waals surface area (Å²) in [7, 11) is 0. The molecule has 1 N–H and O–H groups in total. The van der Waals surface area contributed by atoms with Crippen molar-refractivity contribution in [1.82, 2.24) is 15.2 Å². The number of nitrogens with zero attached hydrogens (tertiary/aromatic N) is 2. The second-order valence-electron chi connectivity index (χ2n) is 5.72. The summed E-state index contributed by atoms with van der Waals surface area (Å²) in [6.07, 6.45) is 7.56. The Balaban J connectivity index is 1.69. The van der Waals surface area contributed by atoms with E-state index >= 15 is 0 Å². The molecule has 1 atom stereocenters. The SMILES string of the molecule is O=C1CC[C@]2(CCCN(C(=O)c3cccnc3)CC2)N1. The molecule has 2 saturated heterocycles. The monoisotopic (exact) mass is 273 g/mol. The molecule has 2 aliphatic rings. The minimum atomic E-state index is -0.0684. The van der Waals surface area contributed by atoms with Gasteiger partial charge in [0.2, 0.25) is 5.91 Å². The third kappa shape index (κ3) is 2.53. The Morgan fingerprint density at radius 3 is 2.90 bits per heavy atom. The second kappa shape index (κ2) is 5.23. The summed E-state index contributed by atoms with van der Waals surface area (Å²) in [5.41, 5.74) is 0.569. The van der Waals surface area contributed by atoms with Crippen LogP contribution in [0.1, 0.15) is 42.5 Å². The van der Waals surface area contributed by atoms with Gasteiger partial charge in [-0.05, 0) is 37.8 Å². The van der Waals surface area contributed by atoms with Crippen LogP contribution in [0, 0.1) is 0 Å². The van der Waals surface area contributed by atoms with Crippen molar-refractivity contribution in [3.05, 3.63) is 30.1 Å². The van der Waals surface area contributed by atoms with Crippen molar-refractivity contribution in [2.75, 3.05) is 13.1 Å². The lowest BCUT2D eigenvalue weighted by Crippen LogP contribution is -2.42. The molecule has 1 spiro atoms. The molecule has 0 aromatic carbocycles. The highest BCUT2D eigenvalue weighted by molar-refractivity contribution is 5.93. The van der Waals surface area contributed by atoms with Crippen LogP contribution >= 0.6 is 0 Å². The minimum Gasteiger partial charge on any atom is -0.351 e. The number of carbonyl (C=O) groups excluding carboxylic acids is 2. The van der Waals surface area contributed by atoms with Gasteiger partial charge in [-0.15, -0.1) is 0 Å². The van der Waals surface area contributed by atoms with E-state index in [0.29, 0.717) is 18.5 Å². The lowest BCUT2D eigenvalue weighted by atomic mass is 9.89. The molecule has 0 aliphatic carbocycles. The summed E-state index contributed by atoms with van der Waals surface area (Å²) < 4.78 is 0. The van der Waals surface area contributed by atoms with Crippen LogP contribution in [0.2, 0.25) is 0 Å². The number of likely N-dealkylation sites (tertiary alicyclic amines) is 1. The summed E-state index contributed by atoms with van der Waals surface area (Å²) in [6.45, 7) is 1.46. The largest absolute Gasteiger partial charge is 0.351 e. The molecular weight excluding hydrogens is 254 g/mol. The molecule has 2 aliphatic heterocycles. The Morgan fingerprint density at radius 1 is 1.30 bits per heavy atom. The first kappa shape index (κ1) is 13.1. The van der Waals surface area contributed by atoms with Gasteiger partial charge in [0.1, 0.15) is 0 Å². The number of hydrogen-bond acceptors (Lipinski definition) is 3. The van der Waals surface area contributed by atoms with E-state index in [2.05, 4.69) is 10.3 Å². The maximum absolute atomic E-state index is 12.4. The Labute approximate surface area is 118 Å². The zero-order valence-corrected chi connectivity index (χ0v) is 11.5. The predicted octanol–water partition coefficient (Wildman–Crippen LogP) is 1.36. The average Bonchev–Trinajstić information content (AvgIpc) is 2.71. The van der Waals surface area contributed by atoms with Crippen molar-refractivity contribution >= 4 is 11.8 Å². The Morgan fingerprint density at radius 2 is 2.20 bits per heavy atom. The predicted molar refractivity (Wildman–Crippen MR) is 74.1 cm³/mol. The van der Waals surface area contributed by atoms with Crippen molar-refractivity contribution in [2.45, 2.75) is 37.6 Å². The molecule has 20 heavy (non-hydrogen) atoms. The first-order chi connectivity index (χ1) is 9.69. The topological polar surface area (TPSA) is 62.3 Å². The summed E-state index contributed by atoms with van der Waals surface area (Å²) >= 11 is 0. The van der Waals surface area contributed by atoms with E-state index in [1.165, 1.54) is 0 Å². The molecule has 3 rings (SSSR count). The first-order valence-corrected chi connectivity index (χ1v) is 7.19. The van der Waals surface area contributed by atoms with E-state index in [4.69, 9.17) is 0 Å². The highest BCUT2D eigenvalue weighted by atomic mass is 16.2. The molecule has 5 heteroatoms. The van der Waals surface area contributed by atoms with E-state index < -0.39 is 0 Å². The molecule has 0 bridgehead atoms. The van der Waals surface area contributed by atoms with Crippen molar-refractivity contribution in [2.24, 2.45) is 0 Å². The quantitative estimate of drug-likeness (QED) is 0.840. The fourth-order valence-corrected chi connectivity index (χ4v) is 3.22. The molecule has 1 aromatic heterocycles. The number of nitrogens with one attached hydrogen (secondary N) is 1. The Kier molecular flexibility index (Phi) is 3.42. The van der Waals surface area contributed by atoms with Gasteiger partial charge in [0.05, 0.1) is 5.56 Å². The van der Waals surface area contributed by atoms with E-state index in [0.717, 1.165) is 32.2 Å². The molecule has 1 aromatic rings. The van der Waals surface area contributed by atoms with Gasteiger partial charge in [-0.25, -0.2) is 0 Å². The highest BCUT2D eigenvalue weighted by Crippen LogP contribution is 2.31. The van der Waals surface area contributed by atoms with Crippen molar-refractivity contribution in [3.8, 4) is 0 Å². The zero-order valence-electron chi connectivity index (χ0n) is 11.5. The van der Waals surface area contributed by atoms with Crippen molar-refractivity contribution in [1.29, 1.82) is 0 Å². The van der Waals surface area contributed by atoms with Gasteiger partial charge in [-0.3, -0.25) is 14.6 Å². The first-order valence-electron chi connectivity index (χ1n) is 7.19. The molecule has 106 valence electrons. The van der Waals surface area contributed by atoms with E-state index in [1.54, 1.807) is 24.5 Å². The van der Waals surface area contributed by atoms with Gasteiger partial charge >= 0.3 is 0 Å². The van der Waals surface area contributed by atoms with Gasteiger partial charge in [-0.2, -0.15) is 0 Å². The van der Waals surface area contributed by atoms with Crippen LogP contribution in [0.3, 0.4) is 0 Å². The summed E-state index contributed by atoms with van der Waals surface area (Å²) in [6, 6.07) is 3.58. The molecule has 0 radical (unpaired) electrons. The van der Waals surface area contributed by atoms with Crippen LogP contribution in [0.5, 0.6) is 0 Å². The van der Waals surface area contributed by atoms with E-state index in [1.807, 2.05) is 4.90 Å². The van der Waals surface area contributed by atoms with Crippen LogP contribution in [0.25, 0.3) is 0 Å². The van der Waals surface area contributed by atoms with Gasteiger partial charge in [0.25, 0.3) is 5.91 Å². The average molecular weight is 273 g/mol. The summed E-state index contributed by atoms with van der Waals surface area (Å²) in [5, 5.41) is 3.12. The number of amides is 2. The highest BCUT2D eigenvalue weighted by Gasteiger charge is 2.39. The fraction of sp³-hybridized carbons (Fsp3) is 0.533. The molecule has 3 heterocycles. The van der Waals surface area contributed by atoms with Crippen LogP contribution in [0.15, 0.2) is 24.5 Å². The summed E-state index contributed by atoms with van der Waals surface area (Å²) in [5.74, 6) is 0.191. The molecule has 5 nitrogen and oxygen atoms in total. The van der Waals surface area contributed by atoms with E-state index in [-0.39, 0.29) is 17.4 Å². The number of pyridine rings is 1. The van der Waals surface area contributed by atoms with Crippen molar-refractivity contribution < 1.29 is 9.59 Å².